The molecule has 0 heterocycles. The van der Waals surface area contributed by atoms with Gasteiger partial charge in [0, 0.05) is 11.6 Å². The largest absolute Gasteiger partial charge is 0.320 e. The van der Waals surface area contributed by atoms with Gasteiger partial charge in [0.25, 0.3) is 10.2 Å². The van der Waals surface area contributed by atoms with Crippen LogP contribution in [-0.2, 0) is 10.2 Å². The number of anilines is 1. The van der Waals surface area contributed by atoms with Crippen LogP contribution in [0.1, 0.15) is 24.0 Å². The average Bonchev–Trinajstić information content (AvgIpc) is 3.12. The van der Waals surface area contributed by atoms with Crippen molar-refractivity contribution in [3.05, 3.63) is 29.3 Å². The number of hydrogen-bond acceptors (Lipinski definition) is 3. The van der Waals surface area contributed by atoms with Gasteiger partial charge in [0.15, 0.2) is 0 Å². The third-order valence-electron chi connectivity index (χ3n) is 2.71. The summed E-state index contributed by atoms with van der Waals surface area (Å²) in [5.74, 6) is 5.68. The molecule has 0 bridgehead atoms. The molecule has 1 saturated carbocycles. The van der Waals surface area contributed by atoms with E-state index >= 15 is 0 Å². The summed E-state index contributed by atoms with van der Waals surface area (Å²) in [5.41, 5.74) is 7.59. The topological polar surface area (TPSA) is 84.2 Å². The summed E-state index contributed by atoms with van der Waals surface area (Å²) in [6.45, 7) is 2.19. The quantitative estimate of drug-likeness (QED) is 0.710. The number of aryl methyl sites for hydroxylation is 1. The Morgan fingerprint density at radius 1 is 1.42 bits per heavy atom. The minimum atomic E-state index is -3.49. The van der Waals surface area contributed by atoms with Crippen LogP contribution in [0.2, 0.25) is 0 Å². The highest BCUT2D eigenvalue weighted by Crippen LogP contribution is 2.21. The summed E-state index contributed by atoms with van der Waals surface area (Å²) in [5, 5.41) is 0. The third-order valence-corrected chi connectivity index (χ3v) is 3.86. The van der Waals surface area contributed by atoms with Crippen LogP contribution in [0.4, 0.5) is 5.69 Å². The molecule has 0 unspecified atom stereocenters. The van der Waals surface area contributed by atoms with Gasteiger partial charge in [-0.05, 0) is 37.5 Å². The molecule has 0 saturated heterocycles. The zero-order chi connectivity index (χ0) is 13.9. The highest BCUT2D eigenvalue weighted by Gasteiger charge is 2.26. The van der Waals surface area contributed by atoms with E-state index in [4.69, 9.17) is 5.73 Å². The van der Waals surface area contributed by atoms with E-state index in [2.05, 4.69) is 21.3 Å². The Balaban J connectivity index is 2.16. The molecule has 0 spiro atoms. The highest BCUT2D eigenvalue weighted by molar-refractivity contribution is 7.90. The molecule has 0 aromatic heterocycles. The van der Waals surface area contributed by atoms with Crippen molar-refractivity contribution < 1.29 is 8.42 Å². The van der Waals surface area contributed by atoms with Crippen molar-refractivity contribution in [2.75, 3.05) is 11.3 Å². The SMILES string of the molecule is Cc1ccc(NS(=O)(=O)NC2CC2)cc1C#CCN. The van der Waals surface area contributed by atoms with Gasteiger partial charge in [-0.3, -0.25) is 4.72 Å². The number of nitrogens with two attached hydrogens (primary N) is 1. The van der Waals surface area contributed by atoms with Crippen molar-refractivity contribution in [2.24, 2.45) is 5.73 Å². The van der Waals surface area contributed by atoms with E-state index in [9.17, 15) is 8.42 Å². The van der Waals surface area contributed by atoms with Crippen LogP contribution in [-0.4, -0.2) is 21.0 Å². The summed E-state index contributed by atoms with van der Waals surface area (Å²) in [4.78, 5) is 0. The van der Waals surface area contributed by atoms with Crippen molar-refractivity contribution in [1.29, 1.82) is 0 Å². The lowest BCUT2D eigenvalue weighted by molar-refractivity contribution is 0.586. The summed E-state index contributed by atoms with van der Waals surface area (Å²) in [6, 6.07) is 5.34. The molecule has 5 nitrogen and oxygen atoms in total. The van der Waals surface area contributed by atoms with Gasteiger partial charge in [0.1, 0.15) is 0 Å². The van der Waals surface area contributed by atoms with Gasteiger partial charge in [-0.15, -0.1) is 0 Å². The molecule has 0 radical (unpaired) electrons. The minimum Gasteiger partial charge on any atom is -0.320 e. The first-order valence-electron chi connectivity index (χ1n) is 6.10. The fourth-order valence-electron chi connectivity index (χ4n) is 1.57. The van der Waals surface area contributed by atoms with Gasteiger partial charge in [-0.1, -0.05) is 17.9 Å². The Hall–Kier alpha value is -1.55. The van der Waals surface area contributed by atoms with Crippen LogP contribution in [0.25, 0.3) is 0 Å². The first kappa shape index (κ1) is 13.9. The van der Waals surface area contributed by atoms with Gasteiger partial charge >= 0.3 is 0 Å². The lowest BCUT2D eigenvalue weighted by Crippen LogP contribution is -2.31. The molecule has 1 aliphatic carbocycles. The standard InChI is InChI=1S/C13H17N3O2S/c1-10-4-5-13(9-11(10)3-2-8-14)16-19(17,18)15-12-6-7-12/h4-5,9,12,15-16H,6-8,14H2,1H3. The second kappa shape index (κ2) is 5.61. The fraction of sp³-hybridized carbons (Fsp3) is 0.385. The first-order chi connectivity index (χ1) is 9.00. The van der Waals surface area contributed by atoms with Gasteiger partial charge in [0.05, 0.1) is 12.2 Å². The van der Waals surface area contributed by atoms with Crippen LogP contribution in [0.5, 0.6) is 0 Å². The second-order valence-corrected chi connectivity index (χ2v) is 5.98. The maximum atomic E-state index is 11.8. The van der Waals surface area contributed by atoms with E-state index in [0.29, 0.717) is 5.69 Å². The molecule has 0 amide bonds. The van der Waals surface area contributed by atoms with Gasteiger partial charge in [0.2, 0.25) is 0 Å². The van der Waals surface area contributed by atoms with E-state index < -0.39 is 10.2 Å². The predicted molar refractivity (Wildman–Crippen MR) is 75.8 cm³/mol. The molecule has 2 rings (SSSR count). The van der Waals surface area contributed by atoms with E-state index in [1.807, 2.05) is 13.0 Å². The van der Waals surface area contributed by atoms with E-state index in [-0.39, 0.29) is 12.6 Å². The van der Waals surface area contributed by atoms with Gasteiger partial charge < -0.3 is 5.73 Å². The zero-order valence-electron chi connectivity index (χ0n) is 10.7. The smallest absolute Gasteiger partial charge is 0.299 e. The molecule has 6 heteroatoms. The summed E-state index contributed by atoms with van der Waals surface area (Å²) in [6.07, 6.45) is 1.81. The molecule has 0 atom stereocenters. The summed E-state index contributed by atoms with van der Waals surface area (Å²) < 4.78 is 28.6. The Morgan fingerprint density at radius 2 is 2.16 bits per heavy atom. The molecule has 4 N–H and O–H groups in total. The van der Waals surface area contributed by atoms with Crippen molar-refractivity contribution in [1.82, 2.24) is 4.72 Å². The number of rotatable bonds is 4. The Kier molecular flexibility index (Phi) is 4.10. The predicted octanol–water partition coefficient (Wildman–Crippen LogP) is 0.714. The monoisotopic (exact) mass is 279 g/mol. The molecular weight excluding hydrogens is 262 g/mol. The highest BCUT2D eigenvalue weighted by atomic mass is 32.2. The maximum Gasteiger partial charge on any atom is 0.299 e. The van der Waals surface area contributed by atoms with Crippen LogP contribution in [0.15, 0.2) is 18.2 Å². The van der Waals surface area contributed by atoms with E-state index in [1.54, 1.807) is 12.1 Å². The zero-order valence-corrected chi connectivity index (χ0v) is 11.5. The number of benzene rings is 1. The Bertz CT molecular complexity index is 625. The first-order valence-corrected chi connectivity index (χ1v) is 7.58. The minimum absolute atomic E-state index is 0.0828. The molecule has 0 aliphatic heterocycles. The van der Waals surface area contributed by atoms with Crippen molar-refractivity contribution in [3.63, 3.8) is 0 Å². The maximum absolute atomic E-state index is 11.8. The van der Waals surface area contributed by atoms with E-state index in [0.717, 1.165) is 24.0 Å². The van der Waals surface area contributed by atoms with E-state index in [1.165, 1.54) is 0 Å². The lowest BCUT2D eigenvalue weighted by atomic mass is 10.1. The molecule has 19 heavy (non-hydrogen) atoms. The van der Waals surface area contributed by atoms with Crippen molar-refractivity contribution >= 4 is 15.9 Å². The molecule has 102 valence electrons. The molecule has 1 aromatic carbocycles. The molecule has 1 aromatic rings. The fourth-order valence-corrected chi connectivity index (χ4v) is 2.74. The normalized spacial score (nSPS) is 14.6. The number of nitrogens with one attached hydrogen (secondary N) is 2. The third kappa shape index (κ3) is 4.24. The van der Waals surface area contributed by atoms with Crippen molar-refractivity contribution in [2.45, 2.75) is 25.8 Å². The summed E-state index contributed by atoms with van der Waals surface area (Å²) in [7, 11) is -3.49. The van der Waals surface area contributed by atoms with Crippen LogP contribution >= 0.6 is 0 Å². The lowest BCUT2D eigenvalue weighted by Gasteiger charge is -2.09. The average molecular weight is 279 g/mol. The van der Waals surface area contributed by atoms with Gasteiger partial charge in [-0.2, -0.15) is 13.1 Å². The van der Waals surface area contributed by atoms with Crippen LogP contribution in [0.3, 0.4) is 0 Å². The second-order valence-electron chi connectivity index (χ2n) is 4.53. The Labute approximate surface area is 113 Å². The molecule has 1 fully saturated rings. The van der Waals surface area contributed by atoms with Crippen LogP contribution in [0, 0.1) is 18.8 Å². The Morgan fingerprint density at radius 3 is 2.79 bits per heavy atom. The molecule has 1 aliphatic rings. The number of hydrogen-bond donors (Lipinski definition) is 3. The van der Waals surface area contributed by atoms with Crippen LogP contribution < -0.4 is 15.2 Å². The van der Waals surface area contributed by atoms with Crippen molar-refractivity contribution in [3.8, 4) is 11.8 Å². The molecular formula is C13H17N3O2S. The summed E-state index contributed by atoms with van der Waals surface area (Å²) >= 11 is 0. The van der Waals surface area contributed by atoms with Gasteiger partial charge in [-0.25, -0.2) is 0 Å².